The van der Waals surface area contributed by atoms with Crippen LogP contribution in [-0.2, 0) is 0 Å². The van der Waals surface area contributed by atoms with Gasteiger partial charge in [-0.05, 0) is 23.9 Å². The fraction of sp³-hybridized carbons (Fsp3) is 0.364. The molecule has 80 valence electrons. The summed E-state index contributed by atoms with van der Waals surface area (Å²) in [6, 6.07) is 10.7. The van der Waals surface area contributed by atoms with Gasteiger partial charge in [0.25, 0.3) is 0 Å². The summed E-state index contributed by atoms with van der Waals surface area (Å²) >= 11 is 1.98. The Bertz CT molecular complexity index is 377. The number of amidine groups is 1. The van der Waals surface area contributed by atoms with Gasteiger partial charge >= 0.3 is 5.17 Å². The van der Waals surface area contributed by atoms with Crippen molar-refractivity contribution in [3.05, 3.63) is 30.3 Å². The van der Waals surface area contributed by atoms with Crippen LogP contribution < -0.4 is 17.3 Å². The van der Waals surface area contributed by atoms with Crippen molar-refractivity contribution in [1.29, 1.82) is 0 Å². The number of nitrogens with zero attached hydrogens (tertiary/aromatic N) is 2. The lowest BCUT2D eigenvalue weighted by atomic mass is 10.3. The number of hydrogen-bond acceptors (Lipinski definition) is 2. The highest BCUT2D eigenvalue weighted by molar-refractivity contribution is 8.14. The molecule has 0 saturated heterocycles. The fourth-order valence-electron chi connectivity index (χ4n) is 2.05. The Hall–Kier alpha value is -0.670. The van der Waals surface area contributed by atoms with Gasteiger partial charge in [-0.3, -0.25) is 4.58 Å². The number of thioether (sulfide) groups is 1. The van der Waals surface area contributed by atoms with Crippen molar-refractivity contribution in [2.75, 3.05) is 30.3 Å². The van der Waals surface area contributed by atoms with E-state index in [2.05, 4.69) is 39.8 Å². The van der Waals surface area contributed by atoms with Crippen molar-refractivity contribution in [1.82, 2.24) is 0 Å². The van der Waals surface area contributed by atoms with E-state index in [9.17, 15) is 0 Å². The van der Waals surface area contributed by atoms with Crippen LogP contribution in [0.3, 0.4) is 0 Å². The second-order valence-corrected chi connectivity index (χ2v) is 4.67. The summed E-state index contributed by atoms with van der Waals surface area (Å²) in [5, 5.41) is 1.45. The highest BCUT2D eigenvalue weighted by Gasteiger charge is 2.35. The predicted molar refractivity (Wildman–Crippen MR) is 61.2 cm³/mol. The molecule has 0 N–H and O–H groups in total. The molecule has 0 aliphatic carbocycles. The zero-order valence-electron chi connectivity index (χ0n) is 8.40. The molecular formula is C11H13ClN2S. The molecule has 2 nitrogen and oxygen atoms in total. The van der Waals surface area contributed by atoms with E-state index < -0.39 is 0 Å². The van der Waals surface area contributed by atoms with Gasteiger partial charge in [-0.25, -0.2) is 4.90 Å². The van der Waals surface area contributed by atoms with Gasteiger partial charge in [-0.1, -0.05) is 18.2 Å². The molecule has 0 atom stereocenters. The third-order valence-electron chi connectivity index (χ3n) is 2.76. The molecule has 0 spiro atoms. The van der Waals surface area contributed by atoms with Crippen LogP contribution in [0.1, 0.15) is 0 Å². The smallest absolute Gasteiger partial charge is 0.313 e. The Morgan fingerprint density at radius 1 is 1.13 bits per heavy atom. The normalized spacial score (nSPS) is 19.1. The Balaban J connectivity index is 0.000000853. The fourth-order valence-corrected chi connectivity index (χ4v) is 3.27. The molecule has 3 rings (SSSR count). The molecule has 15 heavy (non-hydrogen) atoms. The van der Waals surface area contributed by atoms with Crippen molar-refractivity contribution in [3.8, 4) is 0 Å². The SMILES string of the molecule is [Cl-].c1ccc(N2CC[N+]3=C2SCC3)cc1. The maximum absolute atomic E-state index is 2.48. The van der Waals surface area contributed by atoms with Gasteiger partial charge in [0.05, 0.1) is 6.54 Å². The van der Waals surface area contributed by atoms with Crippen LogP contribution in [0.25, 0.3) is 0 Å². The molecule has 0 bridgehead atoms. The average Bonchev–Trinajstić information content (AvgIpc) is 2.79. The van der Waals surface area contributed by atoms with E-state index in [1.54, 1.807) is 0 Å². The van der Waals surface area contributed by atoms with Gasteiger partial charge in [0.15, 0.2) is 0 Å². The van der Waals surface area contributed by atoms with Crippen molar-refractivity contribution in [3.63, 3.8) is 0 Å². The highest BCUT2D eigenvalue weighted by atomic mass is 35.5. The third kappa shape index (κ3) is 1.86. The monoisotopic (exact) mass is 240 g/mol. The molecule has 0 unspecified atom stereocenters. The third-order valence-corrected chi connectivity index (χ3v) is 3.88. The van der Waals surface area contributed by atoms with Crippen LogP contribution in [0, 0.1) is 0 Å². The first-order valence-corrected chi connectivity index (χ1v) is 6.01. The second-order valence-electron chi connectivity index (χ2n) is 3.61. The minimum atomic E-state index is 0. The Morgan fingerprint density at radius 2 is 1.93 bits per heavy atom. The Kier molecular flexibility index (Phi) is 3.22. The van der Waals surface area contributed by atoms with Crippen molar-refractivity contribution < 1.29 is 17.0 Å². The van der Waals surface area contributed by atoms with Gasteiger partial charge in [0, 0.05) is 5.75 Å². The number of halogens is 1. The van der Waals surface area contributed by atoms with Crippen LogP contribution in [0.5, 0.6) is 0 Å². The molecular weight excluding hydrogens is 228 g/mol. The maximum Gasteiger partial charge on any atom is 0.313 e. The summed E-state index contributed by atoms with van der Waals surface area (Å²) in [6.07, 6.45) is 0. The molecule has 2 heterocycles. The summed E-state index contributed by atoms with van der Waals surface area (Å²) in [5.41, 5.74) is 1.33. The summed E-state index contributed by atoms with van der Waals surface area (Å²) in [6.45, 7) is 3.56. The minimum absolute atomic E-state index is 0. The molecule has 0 saturated carbocycles. The standard InChI is InChI=1S/C11H13N2S.ClH/c1-2-4-10(5-3-1)13-7-6-12-8-9-14-11(12)13;/h1-5H,6-9H2;1H/q+1;/p-1. The molecule has 0 radical (unpaired) electrons. The molecule has 0 fully saturated rings. The zero-order valence-corrected chi connectivity index (χ0v) is 9.97. The van der Waals surface area contributed by atoms with Gasteiger partial charge in [0.2, 0.25) is 0 Å². The van der Waals surface area contributed by atoms with E-state index in [1.807, 2.05) is 11.8 Å². The largest absolute Gasteiger partial charge is 1.00 e. The lowest BCUT2D eigenvalue weighted by Gasteiger charge is -2.09. The minimum Gasteiger partial charge on any atom is -1.00 e. The number of benzene rings is 1. The van der Waals surface area contributed by atoms with Crippen molar-refractivity contribution in [2.24, 2.45) is 0 Å². The Morgan fingerprint density at radius 3 is 2.73 bits per heavy atom. The van der Waals surface area contributed by atoms with E-state index >= 15 is 0 Å². The average molecular weight is 241 g/mol. The lowest BCUT2D eigenvalue weighted by molar-refractivity contribution is -0.507. The number of rotatable bonds is 1. The molecule has 0 aromatic heterocycles. The van der Waals surface area contributed by atoms with Gasteiger partial charge in [-0.15, -0.1) is 0 Å². The first-order chi connectivity index (χ1) is 6.95. The van der Waals surface area contributed by atoms with Crippen LogP contribution >= 0.6 is 11.8 Å². The van der Waals surface area contributed by atoms with E-state index in [1.165, 1.54) is 29.7 Å². The van der Waals surface area contributed by atoms with E-state index in [-0.39, 0.29) is 12.4 Å². The topological polar surface area (TPSA) is 6.25 Å². The van der Waals surface area contributed by atoms with E-state index in [0.717, 1.165) is 6.54 Å². The van der Waals surface area contributed by atoms with Gasteiger partial charge in [-0.2, -0.15) is 0 Å². The van der Waals surface area contributed by atoms with Crippen molar-refractivity contribution in [2.45, 2.75) is 0 Å². The highest BCUT2D eigenvalue weighted by Crippen LogP contribution is 2.25. The zero-order chi connectivity index (χ0) is 9.38. The molecule has 4 heteroatoms. The molecule has 2 aliphatic heterocycles. The van der Waals surface area contributed by atoms with Gasteiger partial charge in [0.1, 0.15) is 18.8 Å². The molecule has 1 aromatic carbocycles. The van der Waals surface area contributed by atoms with E-state index in [4.69, 9.17) is 0 Å². The first kappa shape index (κ1) is 10.8. The van der Waals surface area contributed by atoms with Crippen LogP contribution in [0.15, 0.2) is 30.3 Å². The first-order valence-electron chi connectivity index (χ1n) is 5.02. The van der Waals surface area contributed by atoms with Crippen LogP contribution in [0.2, 0.25) is 0 Å². The van der Waals surface area contributed by atoms with Crippen LogP contribution in [-0.4, -0.2) is 35.1 Å². The lowest BCUT2D eigenvalue weighted by Crippen LogP contribution is -3.00. The van der Waals surface area contributed by atoms with E-state index in [0.29, 0.717) is 0 Å². The van der Waals surface area contributed by atoms with Gasteiger partial charge < -0.3 is 12.4 Å². The maximum atomic E-state index is 2.48. The Labute approximate surface area is 100 Å². The number of para-hydroxylation sites is 1. The molecule has 0 amide bonds. The summed E-state index contributed by atoms with van der Waals surface area (Å²) in [5.74, 6) is 1.25. The molecule has 1 aromatic rings. The number of anilines is 1. The summed E-state index contributed by atoms with van der Waals surface area (Å²) in [4.78, 5) is 2.43. The quantitative estimate of drug-likeness (QED) is 0.559. The van der Waals surface area contributed by atoms with Crippen molar-refractivity contribution >= 4 is 22.6 Å². The number of hydrogen-bond donors (Lipinski definition) is 0. The predicted octanol–water partition coefficient (Wildman–Crippen LogP) is -1.37. The summed E-state index contributed by atoms with van der Waals surface area (Å²) in [7, 11) is 0. The second kappa shape index (κ2) is 4.45. The summed E-state index contributed by atoms with van der Waals surface area (Å²) < 4.78 is 2.48. The van der Waals surface area contributed by atoms with Crippen LogP contribution in [0.4, 0.5) is 5.69 Å². The molecule has 2 aliphatic rings.